The maximum Gasteiger partial charge on any atom is 0.178 e. The molecule has 1 aromatic carbocycles. The normalized spacial score (nSPS) is 19.2. The number of hydrogen-bond acceptors (Lipinski definition) is 3. The molecule has 0 atom stereocenters. The second-order valence-electron chi connectivity index (χ2n) is 4.40. The maximum absolute atomic E-state index is 13.6. The molecule has 0 aromatic heterocycles. The quantitative estimate of drug-likeness (QED) is 0.857. The van der Waals surface area contributed by atoms with Gasteiger partial charge in [0.05, 0.1) is 0 Å². The number of rotatable bonds is 2. The summed E-state index contributed by atoms with van der Waals surface area (Å²) in [5, 5.41) is 0. The number of sulfone groups is 1. The molecule has 0 unspecified atom stereocenters. The van der Waals surface area contributed by atoms with Crippen molar-refractivity contribution < 1.29 is 12.8 Å². The van der Waals surface area contributed by atoms with Gasteiger partial charge in [0.25, 0.3) is 0 Å². The molecule has 0 bridgehead atoms. The average Bonchev–Trinajstić information content (AvgIpc) is 2.11. The lowest BCUT2D eigenvalue weighted by Crippen LogP contribution is -2.44. The Balaban J connectivity index is 2.67. The van der Waals surface area contributed by atoms with Crippen LogP contribution in [0.4, 0.5) is 4.39 Å². The van der Waals surface area contributed by atoms with Crippen LogP contribution in [0.5, 0.6) is 0 Å². The molecule has 0 aliphatic heterocycles. The van der Waals surface area contributed by atoms with Crippen LogP contribution in [0, 0.1) is 5.82 Å². The molecule has 0 heterocycles. The lowest BCUT2D eigenvalue weighted by molar-refractivity contribution is 0.247. The fraction of sp³-hybridized carbons (Fsp3) is 0.455. The Hall–Kier alpha value is -0.940. The number of nitrogens with two attached hydrogens (primary N) is 1. The Bertz CT molecular complexity index is 521. The number of hydrogen-bond donors (Lipinski definition) is 1. The Labute approximate surface area is 94.4 Å². The van der Waals surface area contributed by atoms with Crippen molar-refractivity contribution in [2.75, 3.05) is 6.26 Å². The minimum atomic E-state index is -3.58. The van der Waals surface area contributed by atoms with Gasteiger partial charge in [0.15, 0.2) is 9.84 Å². The van der Waals surface area contributed by atoms with Crippen molar-refractivity contribution in [3.63, 3.8) is 0 Å². The monoisotopic (exact) mass is 243 g/mol. The van der Waals surface area contributed by atoms with Crippen molar-refractivity contribution in [3.05, 3.63) is 29.6 Å². The van der Waals surface area contributed by atoms with Crippen molar-refractivity contribution in [3.8, 4) is 0 Å². The first kappa shape index (κ1) is 11.5. The fourth-order valence-corrected chi connectivity index (χ4v) is 3.20. The molecule has 1 fully saturated rings. The molecule has 0 amide bonds. The van der Waals surface area contributed by atoms with E-state index in [2.05, 4.69) is 0 Å². The molecular formula is C11H14FNO2S. The van der Waals surface area contributed by atoms with Crippen LogP contribution in [0.3, 0.4) is 0 Å². The van der Waals surface area contributed by atoms with Gasteiger partial charge in [-0.05, 0) is 30.9 Å². The van der Waals surface area contributed by atoms with Crippen LogP contribution >= 0.6 is 0 Å². The lowest BCUT2D eigenvalue weighted by Gasteiger charge is -2.39. The van der Waals surface area contributed by atoms with Crippen LogP contribution in [0.15, 0.2) is 23.1 Å². The molecule has 1 aliphatic carbocycles. The number of benzene rings is 1. The fourth-order valence-electron chi connectivity index (χ4n) is 2.10. The van der Waals surface area contributed by atoms with Gasteiger partial charge in [-0.2, -0.15) is 0 Å². The van der Waals surface area contributed by atoms with Gasteiger partial charge < -0.3 is 5.73 Å². The zero-order chi connectivity index (χ0) is 12.0. The van der Waals surface area contributed by atoms with Gasteiger partial charge in [-0.3, -0.25) is 0 Å². The predicted octanol–water partition coefficient (Wildman–Crippen LogP) is 1.57. The summed E-state index contributed by atoms with van der Waals surface area (Å²) in [5.41, 5.74) is 5.81. The largest absolute Gasteiger partial charge is 0.321 e. The summed E-state index contributed by atoms with van der Waals surface area (Å²) >= 11 is 0. The van der Waals surface area contributed by atoms with Gasteiger partial charge in [0.1, 0.15) is 10.7 Å². The van der Waals surface area contributed by atoms with Gasteiger partial charge in [0, 0.05) is 11.8 Å². The van der Waals surface area contributed by atoms with Gasteiger partial charge in [0.2, 0.25) is 0 Å². The molecule has 2 rings (SSSR count). The first-order valence-electron chi connectivity index (χ1n) is 5.12. The molecule has 0 radical (unpaired) electrons. The second-order valence-corrected chi connectivity index (χ2v) is 6.35. The molecule has 2 N–H and O–H groups in total. The third kappa shape index (κ3) is 1.74. The highest BCUT2D eigenvalue weighted by Crippen LogP contribution is 2.41. The van der Waals surface area contributed by atoms with E-state index < -0.39 is 21.2 Å². The van der Waals surface area contributed by atoms with Gasteiger partial charge >= 0.3 is 0 Å². The molecule has 1 aromatic rings. The van der Waals surface area contributed by atoms with Crippen LogP contribution < -0.4 is 5.73 Å². The van der Waals surface area contributed by atoms with E-state index in [0.29, 0.717) is 18.4 Å². The van der Waals surface area contributed by atoms with Crippen molar-refractivity contribution in [1.82, 2.24) is 0 Å². The molecular weight excluding hydrogens is 229 g/mol. The van der Waals surface area contributed by atoms with Crippen LogP contribution in [0.1, 0.15) is 24.8 Å². The zero-order valence-electron chi connectivity index (χ0n) is 9.03. The van der Waals surface area contributed by atoms with Gasteiger partial charge in [-0.1, -0.05) is 12.1 Å². The summed E-state index contributed by atoms with van der Waals surface area (Å²) in [6.07, 6.45) is 3.38. The minimum Gasteiger partial charge on any atom is -0.321 e. The average molecular weight is 243 g/mol. The molecule has 88 valence electrons. The zero-order valence-corrected chi connectivity index (χ0v) is 9.85. The molecule has 5 heteroatoms. The van der Waals surface area contributed by atoms with E-state index in [0.717, 1.165) is 18.7 Å². The first-order valence-corrected chi connectivity index (χ1v) is 7.02. The van der Waals surface area contributed by atoms with Crippen LogP contribution in [0.2, 0.25) is 0 Å². The van der Waals surface area contributed by atoms with E-state index in [1.54, 1.807) is 6.07 Å². The summed E-state index contributed by atoms with van der Waals surface area (Å²) < 4.78 is 36.7. The van der Waals surface area contributed by atoms with Crippen LogP contribution in [-0.2, 0) is 15.4 Å². The highest BCUT2D eigenvalue weighted by molar-refractivity contribution is 7.90. The van der Waals surface area contributed by atoms with Crippen molar-refractivity contribution in [2.24, 2.45) is 5.73 Å². The molecule has 1 aliphatic rings. The molecule has 3 nitrogen and oxygen atoms in total. The van der Waals surface area contributed by atoms with E-state index in [1.807, 2.05) is 0 Å². The van der Waals surface area contributed by atoms with Gasteiger partial charge in [-0.25, -0.2) is 12.8 Å². The standard InChI is InChI=1S/C11H14FNO2S/c1-16(14,15)10-8(4-2-5-9(10)12)11(13)6-3-7-11/h2,4-5H,3,6-7,13H2,1H3. The first-order chi connectivity index (χ1) is 7.34. The van der Waals surface area contributed by atoms with Crippen molar-refractivity contribution >= 4 is 9.84 Å². The smallest absolute Gasteiger partial charge is 0.178 e. The summed E-state index contributed by atoms with van der Waals surface area (Å²) in [7, 11) is -3.58. The van der Waals surface area contributed by atoms with Crippen LogP contribution in [-0.4, -0.2) is 14.7 Å². The predicted molar refractivity (Wildman–Crippen MR) is 59.2 cm³/mol. The Morgan fingerprint density at radius 3 is 2.44 bits per heavy atom. The Morgan fingerprint density at radius 1 is 1.38 bits per heavy atom. The summed E-state index contributed by atoms with van der Waals surface area (Å²) in [6, 6.07) is 4.27. The molecule has 0 spiro atoms. The van der Waals surface area contributed by atoms with E-state index in [-0.39, 0.29) is 4.90 Å². The third-order valence-electron chi connectivity index (χ3n) is 3.12. The summed E-state index contributed by atoms with van der Waals surface area (Å²) in [4.78, 5) is -0.239. The van der Waals surface area contributed by atoms with Crippen molar-refractivity contribution in [2.45, 2.75) is 29.7 Å². The molecule has 16 heavy (non-hydrogen) atoms. The topological polar surface area (TPSA) is 60.2 Å². The van der Waals surface area contributed by atoms with E-state index >= 15 is 0 Å². The summed E-state index contributed by atoms with van der Waals surface area (Å²) in [5.74, 6) is -0.711. The number of halogens is 1. The summed E-state index contributed by atoms with van der Waals surface area (Å²) in [6.45, 7) is 0. The highest BCUT2D eigenvalue weighted by atomic mass is 32.2. The van der Waals surface area contributed by atoms with Crippen LogP contribution in [0.25, 0.3) is 0 Å². The lowest BCUT2D eigenvalue weighted by atomic mass is 9.73. The minimum absolute atomic E-state index is 0.239. The Morgan fingerprint density at radius 2 is 2.00 bits per heavy atom. The SMILES string of the molecule is CS(=O)(=O)c1c(F)cccc1C1(N)CCC1. The van der Waals surface area contributed by atoms with E-state index in [4.69, 9.17) is 5.73 Å². The second kappa shape index (κ2) is 3.53. The van der Waals surface area contributed by atoms with E-state index in [9.17, 15) is 12.8 Å². The van der Waals surface area contributed by atoms with Crippen molar-refractivity contribution in [1.29, 1.82) is 0 Å². The van der Waals surface area contributed by atoms with Gasteiger partial charge in [-0.15, -0.1) is 0 Å². The molecule has 0 saturated heterocycles. The maximum atomic E-state index is 13.6. The molecule has 1 saturated carbocycles. The third-order valence-corrected chi connectivity index (χ3v) is 4.28. The van der Waals surface area contributed by atoms with E-state index in [1.165, 1.54) is 6.07 Å². The Kier molecular flexibility index (Phi) is 2.55. The highest BCUT2D eigenvalue weighted by Gasteiger charge is 2.38.